The zero-order chi connectivity index (χ0) is 38.8. The number of aldehydes is 1. The lowest BCUT2D eigenvalue weighted by Gasteiger charge is -2.31. The third-order valence-corrected chi connectivity index (χ3v) is 7.31. The molecule has 1 atom stereocenters. The van der Waals surface area contributed by atoms with Crippen LogP contribution in [0.2, 0.25) is 0 Å². The van der Waals surface area contributed by atoms with Crippen LogP contribution in [0.1, 0.15) is 77.9 Å². The first kappa shape index (κ1) is 46.2. The van der Waals surface area contributed by atoms with E-state index in [0.29, 0.717) is 12.0 Å². The fourth-order valence-electron chi connectivity index (χ4n) is 4.47. The van der Waals surface area contributed by atoms with Crippen LogP contribution < -0.4 is 9.47 Å². The van der Waals surface area contributed by atoms with Crippen molar-refractivity contribution in [1.82, 2.24) is 14.5 Å². The fraction of sp³-hybridized carbons (Fsp3) is 0.350. The van der Waals surface area contributed by atoms with Crippen molar-refractivity contribution in [2.24, 2.45) is 0 Å². The molecule has 1 fully saturated rings. The first-order chi connectivity index (χ1) is 24.6. The van der Waals surface area contributed by atoms with Crippen LogP contribution in [-0.2, 0) is 14.3 Å². The number of halogens is 2. The second-order valence-electron chi connectivity index (χ2n) is 10.4. The molecule has 51 heavy (non-hydrogen) atoms. The molecule has 0 radical (unpaired) electrons. The van der Waals surface area contributed by atoms with E-state index < -0.39 is 11.1 Å². The maximum absolute atomic E-state index is 14.5. The van der Waals surface area contributed by atoms with E-state index in [1.807, 2.05) is 56.7 Å². The number of nitrogens with zero attached hydrogens (tertiary/aromatic N) is 3. The Kier molecular flexibility index (Phi) is 24.4. The van der Waals surface area contributed by atoms with Crippen LogP contribution in [0.3, 0.4) is 0 Å². The van der Waals surface area contributed by atoms with Crippen molar-refractivity contribution in [1.29, 1.82) is 5.41 Å². The Morgan fingerprint density at radius 3 is 2.18 bits per heavy atom. The van der Waals surface area contributed by atoms with E-state index in [1.165, 1.54) is 32.2 Å². The van der Waals surface area contributed by atoms with Gasteiger partial charge in [0, 0.05) is 18.0 Å². The summed E-state index contributed by atoms with van der Waals surface area (Å²) in [5, 5.41) is 7.62. The van der Waals surface area contributed by atoms with Gasteiger partial charge >= 0.3 is 0 Å². The number of rotatable bonds is 11. The maximum Gasteiger partial charge on any atom is 0.244 e. The van der Waals surface area contributed by atoms with Crippen molar-refractivity contribution >= 4 is 35.5 Å². The number of ether oxygens (including phenoxy) is 3. The van der Waals surface area contributed by atoms with Gasteiger partial charge in [-0.25, -0.2) is 4.98 Å². The monoisotopic (exact) mass is 724 g/mol. The summed E-state index contributed by atoms with van der Waals surface area (Å²) in [6.45, 7) is 17.2. The van der Waals surface area contributed by atoms with E-state index in [1.54, 1.807) is 37.4 Å². The third kappa shape index (κ3) is 15.7. The Balaban J connectivity index is 0.00000123. The van der Waals surface area contributed by atoms with Crippen LogP contribution in [0.15, 0.2) is 85.7 Å². The highest BCUT2D eigenvalue weighted by atomic mass is 35.5. The van der Waals surface area contributed by atoms with Crippen LogP contribution in [0, 0.1) is 11.2 Å². The number of likely N-dealkylation sites (tertiary alicyclic amines) is 1. The molecule has 0 aliphatic carbocycles. The topological polar surface area (TPSA) is 107 Å². The van der Waals surface area contributed by atoms with Gasteiger partial charge in [0.1, 0.15) is 17.9 Å². The zero-order valence-corrected chi connectivity index (χ0v) is 32.0. The molecule has 9 nitrogen and oxygen atoms in total. The molecule has 2 aromatic carbocycles. The Morgan fingerprint density at radius 1 is 1.12 bits per heavy atom. The Labute approximate surface area is 308 Å². The predicted molar refractivity (Wildman–Crippen MR) is 209 cm³/mol. The minimum Gasteiger partial charge on any atom is -0.502 e. The molecule has 4 rings (SSSR count). The lowest BCUT2D eigenvalue weighted by atomic mass is 10.0. The van der Waals surface area contributed by atoms with Gasteiger partial charge < -0.3 is 24.2 Å². The number of nitrogens with one attached hydrogen (secondary N) is 1. The first-order valence-corrected chi connectivity index (χ1v) is 17.1. The van der Waals surface area contributed by atoms with Crippen molar-refractivity contribution in [3.05, 3.63) is 103 Å². The van der Waals surface area contributed by atoms with E-state index in [9.17, 15) is 9.18 Å². The number of hydrogen-bond acceptors (Lipinski definition) is 8. The minimum atomic E-state index is -0.539. The highest BCUT2D eigenvalue weighted by Crippen LogP contribution is 2.35. The van der Waals surface area contributed by atoms with Crippen molar-refractivity contribution in [3.63, 3.8) is 0 Å². The Morgan fingerprint density at radius 2 is 1.73 bits per heavy atom. The number of piperidine rings is 1. The molecule has 1 aliphatic heterocycles. The van der Waals surface area contributed by atoms with Gasteiger partial charge in [-0.05, 0) is 107 Å². The number of aromatic nitrogens is 2. The van der Waals surface area contributed by atoms with Crippen LogP contribution in [-0.4, -0.2) is 60.0 Å². The summed E-state index contributed by atoms with van der Waals surface area (Å²) in [6.07, 6.45) is 14.6. The molecule has 0 bridgehead atoms. The number of imidazole rings is 1. The minimum absolute atomic E-state index is 0.101. The SMILES string of the molecule is C/C=C(\C)OC.C=CC(=O)Cl.C=CC=O.CC.CC/C=C\n1c(C2CCCCN2C)nc(-c2ccc(Oc3cccc(OC)c3F)cc2)c1C=N. The number of methoxy groups -OCH3 is 2. The lowest BCUT2D eigenvalue weighted by Crippen LogP contribution is -2.31. The van der Waals surface area contributed by atoms with Crippen LogP contribution in [0.5, 0.6) is 17.2 Å². The van der Waals surface area contributed by atoms with Gasteiger partial charge in [0.2, 0.25) is 11.1 Å². The Hall–Kier alpha value is -4.80. The van der Waals surface area contributed by atoms with E-state index in [0.717, 1.165) is 54.0 Å². The van der Waals surface area contributed by atoms with Gasteiger partial charge in [0.25, 0.3) is 0 Å². The van der Waals surface area contributed by atoms with Crippen molar-refractivity contribution in [2.75, 3.05) is 27.8 Å². The van der Waals surface area contributed by atoms with E-state index in [-0.39, 0.29) is 17.5 Å². The molecular formula is C40H54ClFN4O5. The predicted octanol–water partition coefficient (Wildman–Crippen LogP) is 10.4. The van der Waals surface area contributed by atoms with Crippen molar-refractivity contribution in [3.8, 4) is 28.5 Å². The number of carbonyl (C=O) groups is 2. The molecule has 1 unspecified atom stereocenters. The average molecular weight is 725 g/mol. The van der Waals surface area contributed by atoms with Gasteiger partial charge in [-0.2, -0.15) is 4.39 Å². The quantitative estimate of drug-likeness (QED) is 0.0689. The molecule has 0 saturated carbocycles. The van der Waals surface area contributed by atoms with Gasteiger partial charge in [0.15, 0.2) is 11.5 Å². The van der Waals surface area contributed by atoms with Gasteiger partial charge in [-0.1, -0.05) is 58.6 Å². The number of hydrogen-bond donors (Lipinski definition) is 1. The molecule has 1 saturated heterocycles. The van der Waals surface area contributed by atoms with E-state index in [2.05, 4.69) is 38.1 Å². The van der Waals surface area contributed by atoms with E-state index >= 15 is 0 Å². The largest absolute Gasteiger partial charge is 0.502 e. The van der Waals surface area contributed by atoms with Crippen LogP contribution in [0.4, 0.5) is 4.39 Å². The smallest absolute Gasteiger partial charge is 0.244 e. The summed E-state index contributed by atoms with van der Waals surface area (Å²) in [5.41, 5.74) is 2.37. The summed E-state index contributed by atoms with van der Waals surface area (Å²) < 4.78 is 32.0. The van der Waals surface area contributed by atoms with Gasteiger partial charge in [-0.15, -0.1) is 0 Å². The summed E-state index contributed by atoms with van der Waals surface area (Å²) in [7, 11) is 5.22. The molecule has 0 amide bonds. The summed E-state index contributed by atoms with van der Waals surface area (Å²) in [4.78, 5) is 25.9. The van der Waals surface area contributed by atoms with Crippen LogP contribution in [0.25, 0.3) is 17.5 Å². The number of carbonyl (C=O) groups excluding carboxylic acids is 2. The summed E-state index contributed by atoms with van der Waals surface area (Å²) >= 11 is 4.71. The molecular weight excluding hydrogens is 671 g/mol. The standard InChI is InChI=1S/C27H31FN4O2.C5H10O.C3H3ClO.C3H4O.C2H6/c1-4-5-17-32-22(18-29)26(30-27(32)21-9-6-7-16-31(21)2)19-12-14-20(15-13-19)34-24-11-8-10-23(33-3)25(24)28;1-4-5(2)6-3;1-2-3(4)5;1-2-3-4;1-2/h5,8,10-15,17-18,21,29H,4,6-7,9,16H2,1-3H3;4H,1-3H3;2H,1H2;2-3H,1H2;1-2H3/b17-5-,29-18?;5-4+;;;. The van der Waals surface area contributed by atoms with Gasteiger partial charge in [0.05, 0.1) is 37.4 Å². The van der Waals surface area contributed by atoms with Gasteiger partial charge in [-0.3, -0.25) is 14.5 Å². The second kappa shape index (κ2) is 27.0. The maximum atomic E-state index is 14.5. The molecule has 1 aromatic heterocycles. The first-order valence-electron chi connectivity index (χ1n) is 16.7. The zero-order valence-electron chi connectivity index (χ0n) is 31.2. The van der Waals surface area contributed by atoms with Crippen LogP contribution >= 0.6 is 11.6 Å². The summed E-state index contributed by atoms with van der Waals surface area (Å²) in [5.74, 6) is 2.13. The van der Waals surface area contributed by atoms with Crippen molar-refractivity contribution in [2.45, 2.75) is 66.3 Å². The Bertz CT molecular complexity index is 1560. The molecule has 0 spiro atoms. The number of allylic oxidation sites excluding steroid dienone is 5. The highest BCUT2D eigenvalue weighted by Gasteiger charge is 2.28. The normalized spacial score (nSPS) is 13.6. The second-order valence-corrected chi connectivity index (χ2v) is 10.8. The molecule has 3 aromatic rings. The third-order valence-electron chi connectivity index (χ3n) is 7.16. The molecule has 2 heterocycles. The lowest BCUT2D eigenvalue weighted by molar-refractivity contribution is -0.107. The molecule has 278 valence electrons. The summed E-state index contributed by atoms with van der Waals surface area (Å²) in [6, 6.07) is 12.4. The van der Waals surface area contributed by atoms with Crippen molar-refractivity contribution < 1.29 is 28.2 Å². The molecule has 11 heteroatoms. The number of benzene rings is 2. The fourth-order valence-corrected chi connectivity index (χ4v) is 4.47. The highest BCUT2D eigenvalue weighted by molar-refractivity contribution is 6.66. The average Bonchev–Trinajstić information content (AvgIpc) is 3.54. The molecule has 1 aliphatic rings. The molecule has 1 N–H and O–H groups in total. The van der Waals surface area contributed by atoms with E-state index in [4.69, 9.17) is 41.0 Å².